The maximum atomic E-state index is 13.0. The standard InChI is InChI=1S/C69H129N2O6P/c1-6-8-10-12-14-16-18-20-22-23-24-25-26-27-28-29-30-31-32-33-34-35-36-37-38-39-40-41-42-43-44-45-46-47-49-51-53-55-57-59-61-63-69(73)70-67(66-77-78(74,75)76-65-64-71(3,4)5)68(72)62-60-58-56-54-52-50-48-21-19-17-15-13-11-9-7-2/h8,10,14,16,20,22,24-25,52,54,60,62,67-68,72H,6-7,9,11-13,15,17-19,21,23,26-51,53,55-59,61,63-66H2,1-5H3,(H-,70,73,74,75)/b10-8-,16-14-,22-20-,25-24-,54-52+,62-60+. The van der Waals surface area contributed by atoms with Crippen LogP contribution >= 0.6 is 7.82 Å². The predicted octanol–water partition coefficient (Wildman–Crippen LogP) is 20.4. The summed E-state index contributed by atoms with van der Waals surface area (Å²) in [5, 5.41) is 13.9. The Balaban J connectivity index is 3.88. The highest BCUT2D eigenvalue weighted by molar-refractivity contribution is 7.45. The molecule has 3 atom stereocenters. The molecule has 8 nitrogen and oxygen atoms in total. The van der Waals surface area contributed by atoms with Crippen LogP contribution in [0, 0.1) is 0 Å². The second-order valence-corrected chi connectivity index (χ2v) is 25.2. The van der Waals surface area contributed by atoms with E-state index in [-0.39, 0.29) is 12.5 Å². The van der Waals surface area contributed by atoms with Crippen LogP contribution in [0.3, 0.4) is 0 Å². The molecule has 0 bridgehead atoms. The van der Waals surface area contributed by atoms with Crippen LogP contribution in [0.1, 0.15) is 309 Å². The number of phosphoric ester groups is 1. The normalized spacial score (nSPS) is 14.2. The van der Waals surface area contributed by atoms with Crippen molar-refractivity contribution >= 4 is 13.7 Å². The van der Waals surface area contributed by atoms with Gasteiger partial charge in [0.25, 0.3) is 7.82 Å². The average Bonchev–Trinajstić information content (AvgIpc) is 3.41. The van der Waals surface area contributed by atoms with Crippen molar-refractivity contribution in [3.05, 3.63) is 72.9 Å². The largest absolute Gasteiger partial charge is 0.756 e. The molecule has 0 saturated carbocycles. The smallest absolute Gasteiger partial charge is 0.268 e. The van der Waals surface area contributed by atoms with Gasteiger partial charge in [-0.25, -0.2) is 0 Å². The summed E-state index contributed by atoms with van der Waals surface area (Å²) >= 11 is 0. The minimum absolute atomic E-state index is 0.00586. The molecule has 0 radical (unpaired) electrons. The molecule has 0 aromatic carbocycles. The zero-order valence-electron chi connectivity index (χ0n) is 52.1. The summed E-state index contributed by atoms with van der Waals surface area (Å²) in [5.41, 5.74) is 0. The van der Waals surface area contributed by atoms with Crippen LogP contribution in [-0.4, -0.2) is 68.5 Å². The van der Waals surface area contributed by atoms with Crippen molar-refractivity contribution in [3.8, 4) is 0 Å². The number of nitrogens with one attached hydrogen (secondary N) is 1. The van der Waals surface area contributed by atoms with E-state index in [0.29, 0.717) is 17.4 Å². The predicted molar refractivity (Wildman–Crippen MR) is 339 cm³/mol. The second-order valence-electron chi connectivity index (χ2n) is 23.8. The Labute approximate surface area is 484 Å². The van der Waals surface area contributed by atoms with Crippen molar-refractivity contribution in [2.24, 2.45) is 0 Å². The molecule has 456 valence electrons. The molecule has 0 aliphatic carbocycles. The number of phosphoric acid groups is 1. The third kappa shape index (κ3) is 61.6. The van der Waals surface area contributed by atoms with Crippen molar-refractivity contribution in [2.45, 2.75) is 321 Å². The minimum atomic E-state index is -4.60. The molecule has 9 heteroatoms. The molecule has 1 amide bonds. The zero-order valence-corrected chi connectivity index (χ0v) is 53.0. The Morgan fingerprint density at radius 3 is 1.19 bits per heavy atom. The fraction of sp³-hybridized carbons (Fsp3) is 0.812. The number of nitrogens with zero attached hydrogens (tertiary/aromatic N) is 1. The minimum Gasteiger partial charge on any atom is -0.756 e. The summed E-state index contributed by atoms with van der Waals surface area (Å²) in [6, 6.07) is -0.903. The number of likely N-dealkylation sites (N-methyl/N-ethyl adjacent to an activating group) is 1. The molecule has 3 unspecified atom stereocenters. The molecule has 0 saturated heterocycles. The van der Waals surface area contributed by atoms with Gasteiger partial charge in [-0.2, -0.15) is 0 Å². The maximum absolute atomic E-state index is 13.0. The number of quaternary nitrogens is 1. The Hall–Kier alpha value is -2.06. The first-order valence-electron chi connectivity index (χ1n) is 33.3. The second kappa shape index (κ2) is 59.6. The summed E-state index contributed by atoms with van der Waals surface area (Å²) in [7, 11) is 1.25. The van der Waals surface area contributed by atoms with Gasteiger partial charge in [-0.05, 0) is 70.6 Å². The Kier molecular flexibility index (Phi) is 58.0. The van der Waals surface area contributed by atoms with E-state index < -0.39 is 26.6 Å². The van der Waals surface area contributed by atoms with Gasteiger partial charge in [0.2, 0.25) is 5.91 Å². The van der Waals surface area contributed by atoms with Gasteiger partial charge in [-0.3, -0.25) is 9.36 Å². The molecule has 0 aliphatic rings. The fourth-order valence-corrected chi connectivity index (χ4v) is 10.5. The third-order valence-electron chi connectivity index (χ3n) is 14.9. The molecule has 0 spiro atoms. The molecule has 78 heavy (non-hydrogen) atoms. The number of hydrogen-bond acceptors (Lipinski definition) is 6. The topological polar surface area (TPSA) is 108 Å². The number of unbranched alkanes of at least 4 members (excludes halogenated alkanes) is 38. The number of hydrogen-bond donors (Lipinski definition) is 2. The van der Waals surface area contributed by atoms with Crippen molar-refractivity contribution in [3.63, 3.8) is 0 Å². The van der Waals surface area contributed by atoms with Crippen LogP contribution in [-0.2, 0) is 18.4 Å². The first-order chi connectivity index (χ1) is 38.0. The van der Waals surface area contributed by atoms with Gasteiger partial charge < -0.3 is 28.8 Å². The lowest BCUT2D eigenvalue weighted by molar-refractivity contribution is -0.870. The summed E-state index contributed by atoms with van der Waals surface area (Å²) in [4.78, 5) is 25.5. The quantitative estimate of drug-likeness (QED) is 0.0272. The van der Waals surface area contributed by atoms with E-state index >= 15 is 0 Å². The SMILES string of the molecule is CC/C=C\C/C=C\C/C=C\C/C=C\CCCCCCCCCCCCCCCCCCCCCCCCCCCCCCC(=O)NC(COP(=O)([O-])OCC[N+](C)(C)C)C(O)/C=C/CC/C=C/CCCCCCCCCCC. The van der Waals surface area contributed by atoms with E-state index in [4.69, 9.17) is 9.05 Å². The van der Waals surface area contributed by atoms with Gasteiger partial charge in [0.15, 0.2) is 0 Å². The van der Waals surface area contributed by atoms with Crippen LogP contribution in [0.4, 0.5) is 0 Å². The number of amides is 1. The van der Waals surface area contributed by atoms with Crippen molar-refractivity contribution < 1.29 is 32.9 Å². The molecule has 0 rings (SSSR count). The van der Waals surface area contributed by atoms with E-state index in [1.165, 1.54) is 225 Å². The molecule has 0 fully saturated rings. The number of rotatable bonds is 61. The Morgan fingerprint density at radius 2 is 0.795 bits per heavy atom. The molecule has 0 aromatic heterocycles. The number of aliphatic hydroxyl groups excluding tert-OH is 1. The summed E-state index contributed by atoms with van der Waals surface area (Å²) in [6.45, 7) is 4.53. The average molecular weight is 1110 g/mol. The highest BCUT2D eigenvalue weighted by Crippen LogP contribution is 2.38. The van der Waals surface area contributed by atoms with Crippen LogP contribution < -0.4 is 10.2 Å². The monoisotopic (exact) mass is 1110 g/mol. The van der Waals surface area contributed by atoms with Crippen LogP contribution in [0.2, 0.25) is 0 Å². The summed E-state index contributed by atoms with van der Waals surface area (Å²) < 4.78 is 23.3. The van der Waals surface area contributed by atoms with E-state index in [1.54, 1.807) is 6.08 Å². The van der Waals surface area contributed by atoms with Gasteiger partial charge >= 0.3 is 0 Å². The number of allylic oxidation sites excluding steroid dienone is 11. The Bertz CT molecular complexity index is 1500. The lowest BCUT2D eigenvalue weighted by Gasteiger charge is -2.29. The van der Waals surface area contributed by atoms with Crippen LogP contribution in [0.5, 0.6) is 0 Å². The van der Waals surface area contributed by atoms with Crippen LogP contribution in [0.25, 0.3) is 0 Å². The molecule has 0 aliphatic heterocycles. The van der Waals surface area contributed by atoms with Crippen molar-refractivity contribution in [1.82, 2.24) is 5.32 Å². The van der Waals surface area contributed by atoms with Gasteiger partial charge in [0, 0.05) is 6.42 Å². The van der Waals surface area contributed by atoms with Crippen LogP contribution in [0.15, 0.2) is 72.9 Å². The highest BCUT2D eigenvalue weighted by Gasteiger charge is 2.23. The maximum Gasteiger partial charge on any atom is 0.268 e. The molecule has 2 N–H and O–H groups in total. The molecular weight excluding hydrogens is 984 g/mol. The fourth-order valence-electron chi connectivity index (χ4n) is 9.75. The van der Waals surface area contributed by atoms with E-state index in [1.807, 2.05) is 27.2 Å². The lowest BCUT2D eigenvalue weighted by atomic mass is 10.0. The summed E-state index contributed by atoms with van der Waals surface area (Å²) in [5.74, 6) is -0.203. The number of carbonyl (C=O) groups excluding carboxylic acids is 1. The van der Waals surface area contributed by atoms with Crippen molar-refractivity contribution in [1.29, 1.82) is 0 Å². The number of carbonyl (C=O) groups is 1. The van der Waals surface area contributed by atoms with E-state index in [9.17, 15) is 19.4 Å². The van der Waals surface area contributed by atoms with Crippen molar-refractivity contribution in [2.75, 3.05) is 40.9 Å². The highest BCUT2D eigenvalue weighted by atomic mass is 31.2. The number of aliphatic hydroxyl groups is 1. The molecule has 0 heterocycles. The van der Waals surface area contributed by atoms with Gasteiger partial charge in [0.05, 0.1) is 39.9 Å². The Morgan fingerprint density at radius 1 is 0.462 bits per heavy atom. The van der Waals surface area contributed by atoms with E-state index in [2.05, 4.69) is 79.9 Å². The molecular formula is C69H129N2O6P. The first kappa shape index (κ1) is 75.9. The first-order valence-corrected chi connectivity index (χ1v) is 34.8. The lowest BCUT2D eigenvalue weighted by Crippen LogP contribution is -2.45. The zero-order chi connectivity index (χ0) is 57.0. The van der Waals surface area contributed by atoms with Gasteiger partial charge in [-0.1, -0.05) is 305 Å². The van der Waals surface area contributed by atoms with Gasteiger partial charge in [-0.15, -0.1) is 0 Å². The van der Waals surface area contributed by atoms with Gasteiger partial charge in [0.1, 0.15) is 13.2 Å². The summed E-state index contributed by atoms with van der Waals surface area (Å²) in [6.07, 6.45) is 83.2. The van der Waals surface area contributed by atoms with E-state index in [0.717, 1.165) is 64.2 Å². The third-order valence-corrected chi connectivity index (χ3v) is 15.9. The molecule has 0 aromatic rings.